The van der Waals surface area contributed by atoms with Crippen molar-refractivity contribution in [3.8, 4) is 11.4 Å². The number of non-ortho nitro benzene ring substituents is 1. The molecule has 2 aromatic rings. The van der Waals surface area contributed by atoms with E-state index in [2.05, 4.69) is 26.1 Å². The molecule has 0 fully saturated rings. The molecule has 0 atom stereocenters. The Morgan fingerprint density at radius 2 is 2.19 bits per heavy atom. The Balaban J connectivity index is 2.50. The van der Waals surface area contributed by atoms with Crippen molar-refractivity contribution in [2.24, 2.45) is 0 Å². The minimum Gasteiger partial charge on any atom is -0.383 e. The number of nitrogens with zero attached hydrogens (tertiary/aromatic N) is 4. The summed E-state index contributed by atoms with van der Waals surface area (Å²) in [5.41, 5.74) is 0.573. The standard InChI is InChI=1S/C12H12BrClN4O3/c1-21-3-2-17-11(7-14)15-16-12(17)8-4-9(13)6-10(5-8)18(19)20/h4-6H,2-3,7H2,1H3. The Morgan fingerprint density at radius 3 is 2.81 bits per heavy atom. The molecule has 0 amide bonds. The van der Waals surface area contributed by atoms with Gasteiger partial charge in [-0.1, -0.05) is 15.9 Å². The molecule has 9 heteroatoms. The molecule has 0 unspecified atom stereocenters. The molecule has 2 rings (SSSR count). The summed E-state index contributed by atoms with van der Waals surface area (Å²) in [7, 11) is 1.59. The van der Waals surface area contributed by atoms with Gasteiger partial charge in [0.15, 0.2) is 5.82 Å². The summed E-state index contributed by atoms with van der Waals surface area (Å²) in [6, 6.07) is 4.64. The normalized spacial score (nSPS) is 10.8. The van der Waals surface area contributed by atoms with Crippen LogP contribution in [-0.4, -0.2) is 33.4 Å². The van der Waals surface area contributed by atoms with E-state index >= 15 is 0 Å². The van der Waals surface area contributed by atoms with Crippen LogP contribution in [0.5, 0.6) is 0 Å². The van der Waals surface area contributed by atoms with Gasteiger partial charge in [0.25, 0.3) is 5.69 Å². The van der Waals surface area contributed by atoms with E-state index in [1.54, 1.807) is 17.7 Å². The number of benzene rings is 1. The number of hydrogen-bond acceptors (Lipinski definition) is 5. The lowest BCUT2D eigenvalue weighted by molar-refractivity contribution is -0.384. The van der Waals surface area contributed by atoms with E-state index in [1.165, 1.54) is 12.1 Å². The van der Waals surface area contributed by atoms with Gasteiger partial charge in [-0.15, -0.1) is 21.8 Å². The van der Waals surface area contributed by atoms with E-state index in [-0.39, 0.29) is 11.6 Å². The number of methoxy groups -OCH3 is 1. The third-order valence-corrected chi connectivity index (χ3v) is 3.51. The Bertz CT molecular complexity index is 662. The zero-order chi connectivity index (χ0) is 15.4. The quantitative estimate of drug-likeness (QED) is 0.440. The maximum absolute atomic E-state index is 11.0. The average molecular weight is 376 g/mol. The first-order valence-corrected chi connectivity index (χ1v) is 7.32. The molecule has 21 heavy (non-hydrogen) atoms. The second-order valence-corrected chi connectivity index (χ2v) is 5.36. The van der Waals surface area contributed by atoms with Crippen LogP contribution in [0, 0.1) is 10.1 Å². The summed E-state index contributed by atoms with van der Waals surface area (Å²) in [5.74, 6) is 1.31. The third-order valence-electron chi connectivity index (χ3n) is 2.82. The van der Waals surface area contributed by atoms with Gasteiger partial charge in [0.05, 0.1) is 17.4 Å². The van der Waals surface area contributed by atoms with Crippen LogP contribution < -0.4 is 0 Å². The van der Waals surface area contributed by atoms with Crippen molar-refractivity contribution in [1.29, 1.82) is 0 Å². The zero-order valence-electron chi connectivity index (χ0n) is 11.1. The van der Waals surface area contributed by atoms with E-state index < -0.39 is 4.92 Å². The van der Waals surface area contributed by atoms with Crippen molar-refractivity contribution in [1.82, 2.24) is 14.8 Å². The smallest absolute Gasteiger partial charge is 0.271 e. The molecule has 0 aliphatic rings. The highest BCUT2D eigenvalue weighted by atomic mass is 79.9. The van der Waals surface area contributed by atoms with Crippen molar-refractivity contribution in [2.75, 3.05) is 13.7 Å². The first-order valence-electron chi connectivity index (χ1n) is 5.99. The van der Waals surface area contributed by atoms with Crippen LogP contribution in [0.15, 0.2) is 22.7 Å². The SMILES string of the molecule is COCCn1c(CCl)nnc1-c1cc(Br)cc([N+](=O)[O-])c1. The van der Waals surface area contributed by atoms with E-state index in [9.17, 15) is 10.1 Å². The molecular formula is C12H12BrClN4O3. The van der Waals surface area contributed by atoms with E-state index in [0.717, 1.165) is 0 Å². The van der Waals surface area contributed by atoms with E-state index in [4.69, 9.17) is 16.3 Å². The fourth-order valence-electron chi connectivity index (χ4n) is 1.87. The van der Waals surface area contributed by atoms with Gasteiger partial charge < -0.3 is 9.30 Å². The van der Waals surface area contributed by atoms with Crippen LogP contribution >= 0.6 is 27.5 Å². The molecule has 0 N–H and O–H groups in total. The number of nitro groups is 1. The minimum absolute atomic E-state index is 0.0203. The van der Waals surface area contributed by atoms with Crippen LogP contribution in [-0.2, 0) is 17.2 Å². The average Bonchev–Trinajstić information content (AvgIpc) is 2.87. The van der Waals surface area contributed by atoms with Gasteiger partial charge in [-0.2, -0.15) is 0 Å². The lowest BCUT2D eigenvalue weighted by atomic mass is 10.2. The zero-order valence-corrected chi connectivity index (χ0v) is 13.5. The summed E-state index contributed by atoms with van der Waals surface area (Å²) in [5, 5.41) is 19.0. The number of hydrogen-bond donors (Lipinski definition) is 0. The molecule has 1 heterocycles. The summed E-state index contributed by atoms with van der Waals surface area (Å²) in [6.07, 6.45) is 0. The molecule has 0 bridgehead atoms. The maximum Gasteiger partial charge on any atom is 0.271 e. The predicted octanol–water partition coefficient (Wildman–Crippen LogP) is 3.00. The second-order valence-electron chi connectivity index (χ2n) is 4.17. The van der Waals surface area contributed by atoms with Crippen LogP contribution in [0.3, 0.4) is 0 Å². The fourth-order valence-corrected chi connectivity index (χ4v) is 2.55. The molecule has 0 saturated carbocycles. The molecule has 0 aliphatic carbocycles. The van der Waals surface area contributed by atoms with Crippen molar-refractivity contribution in [3.05, 3.63) is 38.6 Å². The van der Waals surface area contributed by atoms with Crippen LogP contribution in [0.2, 0.25) is 0 Å². The predicted molar refractivity (Wildman–Crippen MR) is 81.2 cm³/mol. The van der Waals surface area contributed by atoms with Crippen LogP contribution in [0.4, 0.5) is 5.69 Å². The molecule has 112 valence electrons. The lowest BCUT2D eigenvalue weighted by Crippen LogP contribution is -2.09. The molecule has 0 spiro atoms. The molecule has 0 saturated heterocycles. The number of halogens is 2. The second kappa shape index (κ2) is 6.97. The Kier molecular flexibility index (Phi) is 5.27. The van der Waals surface area contributed by atoms with E-state index in [1.807, 2.05) is 0 Å². The number of aromatic nitrogens is 3. The number of alkyl halides is 1. The molecular weight excluding hydrogens is 364 g/mol. The Hall–Kier alpha value is -1.51. The molecule has 1 aromatic carbocycles. The lowest BCUT2D eigenvalue weighted by Gasteiger charge is -2.09. The first-order chi connectivity index (χ1) is 10.1. The van der Waals surface area contributed by atoms with Gasteiger partial charge in [0.1, 0.15) is 5.82 Å². The molecule has 0 aliphatic heterocycles. The topological polar surface area (TPSA) is 83.1 Å². The number of ether oxygens (including phenoxy) is 1. The fraction of sp³-hybridized carbons (Fsp3) is 0.333. The largest absolute Gasteiger partial charge is 0.383 e. The van der Waals surface area contributed by atoms with Gasteiger partial charge >= 0.3 is 0 Å². The highest BCUT2D eigenvalue weighted by Crippen LogP contribution is 2.28. The summed E-state index contributed by atoms with van der Waals surface area (Å²) < 4.78 is 7.45. The number of nitro benzene ring substituents is 1. The first kappa shape index (κ1) is 15.9. The van der Waals surface area contributed by atoms with Crippen molar-refractivity contribution in [2.45, 2.75) is 12.4 Å². The van der Waals surface area contributed by atoms with Gasteiger partial charge in [-0.25, -0.2) is 0 Å². The molecule has 1 aromatic heterocycles. The van der Waals surface area contributed by atoms with Gasteiger partial charge in [-0.05, 0) is 6.07 Å². The van der Waals surface area contributed by atoms with Gasteiger partial charge in [0, 0.05) is 35.8 Å². The minimum atomic E-state index is -0.452. The van der Waals surface area contributed by atoms with Crippen LogP contribution in [0.25, 0.3) is 11.4 Å². The highest BCUT2D eigenvalue weighted by Gasteiger charge is 2.17. The van der Waals surface area contributed by atoms with Crippen molar-refractivity contribution >= 4 is 33.2 Å². The molecule has 7 nitrogen and oxygen atoms in total. The van der Waals surface area contributed by atoms with E-state index in [0.29, 0.717) is 34.8 Å². The highest BCUT2D eigenvalue weighted by molar-refractivity contribution is 9.10. The Morgan fingerprint density at radius 1 is 1.43 bits per heavy atom. The third kappa shape index (κ3) is 3.58. The van der Waals surface area contributed by atoms with Crippen LogP contribution in [0.1, 0.15) is 5.82 Å². The van der Waals surface area contributed by atoms with Crippen molar-refractivity contribution in [3.63, 3.8) is 0 Å². The van der Waals surface area contributed by atoms with Crippen molar-refractivity contribution < 1.29 is 9.66 Å². The summed E-state index contributed by atoms with van der Waals surface area (Å²) >= 11 is 9.11. The number of rotatable bonds is 6. The molecule has 0 radical (unpaired) electrons. The Labute approximate surface area is 134 Å². The van der Waals surface area contributed by atoms with Gasteiger partial charge in [0.2, 0.25) is 0 Å². The monoisotopic (exact) mass is 374 g/mol. The van der Waals surface area contributed by atoms with Gasteiger partial charge in [-0.3, -0.25) is 10.1 Å². The summed E-state index contributed by atoms with van der Waals surface area (Å²) in [4.78, 5) is 10.5. The summed E-state index contributed by atoms with van der Waals surface area (Å²) in [6.45, 7) is 0.978. The maximum atomic E-state index is 11.0.